The molecule has 64 valence electrons. The minimum absolute atomic E-state index is 0.196. The predicted octanol–water partition coefficient (Wildman–Crippen LogP) is 1.78. The maximum absolute atomic E-state index is 11.5. The highest BCUT2D eigenvalue weighted by atomic mass is 16.5. The summed E-state index contributed by atoms with van der Waals surface area (Å²) < 4.78 is 4.97. The van der Waals surface area contributed by atoms with E-state index in [0.29, 0.717) is 11.7 Å². The van der Waals surface area contributed by atoms with E-state index in [0.717, 1.165) is 12.8 Å². The second-order valence-electron chi connectivity index (χ2n) is 3.26. The van der Waals surface area contributed by atoms with Gasteiger partial charge in [0.2, 0.25) is 0 Å². The van der Waals surface area contributed by atoms with Crippen LogP contribution in [0.3, 0.4) is 0 Å². The molecule has 0 saturated heterocycles. The molecule has 1 unspecified atom stereocenters. The van der Waals surface area contributed by atoms with Crippen LogP contribution in [0.1, 0.15) is 32.6 Å². The molecule has 0 aromatic carbocycles. The zero-order chi connectivity index (χ0) is 8.27. The summed E-state index contributed by atoms with van der Waals surface area (Å²) in [5, 5.41) is 0. The van der Waals surface area contributed by atoms with E-state index in [1.54, 1.807) is 7.11 Å². The van der Waals surface area contributed by atoms with E-state index >= 15 is 0 Å². The van der Waals surface area contributed by atoms with Crippen LogP contribution in [0.2, 0.25) is 0 Å². The van der Waals surface area contributed by atoms with Crippen LogP contribution in [-0.2, 0) is 9.53 Å². The normalized spacial score (nSPS) is 22.0. The fourth-order valence-electron chi connectivity index (χ4n) is 1.66. The van der Waals surface area contributed by atoms with Gasteiger partial charge in [0.1, 0.15) is 6.10 Å². The predicted molar refractivity (Wildman–Crippen MR) is 43.4 cm³/mol. The summed E-state index contributed by atoms with van der Waals surface area (Å²) in [5.74, 6) is 0.593. The second kappa shape index (κ2) is 3.86. The lowest BCUT2D eigenvalue weighted by atomic mass is 9.99. The Labute approximate surface area is 67.9 Å². The molecule has 1 aliphatic carbocycles. The van der Waals surface area contributed by atoms with Gasteiger partial charge in [-0.05, 0) is 19.8 Å². The summed E-state index contributed by atoms with van der Waals surface area (Å²) in [4.78, 5) is 11.5. The molecular formula is C9H16O2. The van der Waals surface area contributed by atoms with Gasteiger partial charge in [-0.2, -0.15) is 0 Å². The first-order valence-electron chi connectivity index (χ1n) is 4.32. The summed E-state index contributed by atoms with van der Waals surface area (Å²) in [6.45, 7) is 1.83. The molecule has 1 aliphatic rings. The Balaban J connectivity index is 2.39. The summed E-state index contributed by atoms with van der Waals surface area (Å²) >= 11 is 0. The first-order valence-corrected chi connectivity index (χ1v) is 4.32. The standard InChI is InChI=1S/C9H16O2/c1-7(11-2)9(10)8-5-3-4-6-8/h7-8H,3-6H2,1-2H3. The Morgan fingerprint density at radius 3 is 2.45 bits per heavy atom. The van der Waals surface area contributed by atoms with Gasteiger partial charge in [0.15, 0.2) is 5.78 Å². The fraction of sp³-hybridized carbons (Fsp3) is 0.889. The van der Waals surface area contributed by atoms with Crippen molar-refractivity contribution in [2.45, 2.75) is 38.7 Å². The molecule has 1 rings (SSSR count). The van der Waals surface area contributed by atoms with Crippen molar-refractivity contribution in [1.29, 1.82) is 0 Å². The van der Waals surface area contributed by atoms with Gasteiger partial charge in [0, 0.05) is 13.0 Å². The highest BCUT2D eigenvalue weighted by Gasteiger charge is 2.26. The second-order valence-corrected chi connectivity index (χ2v) is 3.26. The zero-order valence-corrected chi connectivity index (χ0v) is 7.30. The minimum Gasteiger partial charge on any atom is -0.374 e. The SMILES string of the molecule is COC(C)C(=O)C1CCCC1. The van der Waals surface area contributed by atoms with Gasteiger partial charge in [-0.3, -0.25) is 4.79 Å². The molecule has 1 fully saturated rings. The van der Waals surface area contributed by atoms with Gasteiger partial charge in [-0.25, -0.2) is 0 Å². The van der Waals surface area contributed by atoms with E-state index in [9.17, 15) is 4.79 Å². The van der Waals surface area contributed by atoms with Crippen molar-refractivity contribution in [3.05, 3.63) is 0 Å². The van der Waals surface area contributed by atoms with Crippen molar-refractivity contribution >= 4 is 5.78 Å². The maximum Gasteiger partial charge on any atom is 0.164 e. The molecule has 11 heavy (non-hydrogen) atoms. The molecule has 0 aromatic rings. The van der Waals surface area contributed by atoms with Crippen LogP contribution in [0.4, 0.5) is 0 Å². The van der Waals surface area contributed by atoms with E-state index in [1.807, 2.05) is 6.92 Å². The van der Waals surface area contributed by atoms with Crippen LogP contribution >= 0.6 is 0 Å². The zero-order valence-electron chi connectivity index (χ0n) is 7.30. The summed E-state index contributed by atoms with van der Waals surface area (Å²) in [6, 6.07) is 0. The number of ketones is 1. The van der Waals surface area contributed by atoms with E-state index in [1.165, 1.54) is 12.8 Å². The van der Waals surface area contributed by atoms with Gasteiger partial charge in [-0.1, -0.05) is 12.8 Å². The lowest BCUT2D eigenvalue weighted by Crippen LogP contribution is -2.25. The third-order valence-electron chi connectivity index (χ3n) is 2.51. The van der Waals surface area contributed by atoms with Crippen molar-refractivity contribution in [3.63, 3.8) is 0 Å². The van der Waals surface area contributed by atoms with Gasteiger partial charge in [0.25, 0.3) is 0 Å². The number of Topliss-reactive ketones (excluding diaryl/α,β-unsaturated/α-hetero) is 1. The molecule has 2 nitrogen and oxygen atoms in total. The third-order valence-corrected chi connectivity index (χ3v) is 2.51. The Morgan fingerprint density at radius 1 is 1.45 bits per heavy atom. The lowest BCUT2D eigenvalue weighted by molar-refractivity contribution is -0.131. The Kier molecular flexibility index (Phi) is 3.06. The number of hydrogen-bond donors (Lipinski definition) is 0. The third kappa shape index (κ3) is 2.03. The molecule has 0 amide bonds. The molecule has 0 radical (unpaired) electrons. The smallest absolute Gasteiger partial charge is 0.164 e. The average molecular weight is 156 g/mol. The minimum atomic E-state index is -0.196. The van der Waals surface area contributed by atoms with Gasteiger partial charge >= 0.3 is 0 Å². The Morgan fingerprint density at radius 2 is 2.00 bits per heavy atom. The maximum atomic E-state index is 11.5. The lowest BCUT2D eigenvalue weighted by Gasteiger charge is -2.12. The summed E-state index contributed by atoms with van der Waals surface area (Å²) in [6.07, 6.45) is 4.39. The Bertz CT molecular complexity index is 136. The van der Waals surface area contributed by atoms with Crippen molar-refractivity contribution < 1.29 is 9.53 Å². The molecule has 0 aliphatic heterocycles. The molecule has 1 atom stereocenters. The number of rotatable bonds is 3. The molecule has 0 spiro atoms. The van der Waals surface area contributed by atoms with E-state index in [4.69, 9.17) is 4.74 Å². The number of ether oxygens (including phenoxy) is 1. The van der Waals surface area contributed by atoms with E-state index < -0.39 is 0 Å². The van der Waals surface area contributed by atoms with Crippen molar-refractivity contribution in [3.8, 4) is 0 Å². The van der Waals surface area contributed by atoms with Gasteiger partial charge < -0.3 is 4.74 Å². The molecule has 0 bridgehead atoms. The van der Waals surface area contributed by atoms with Crippen molar-refractivity contribution in [2.75, 3.05) is 7.11 Å². The highest BCUT2D eigenvalue weighted by molar-refractivity contribution is 5.85. The van der Waals surface area contributed by atoms with Crippen LogP contribution < -0.4 is 0 Å². The van der Waals surface area contributed by atoms with Crippen molar-refractivity contribution in [2.24, 2.45) is 5.92 Å². The highest BCUT2D eigenvalue weighted by Crippen LogP contribution is 2.26. The van der Waals surface area contributed by atoms with Crippen LogP contribution in [0.25, 0.3) is 0 Å². The molecule has 2 heteroatoms. The molecule has 0 heterocycles. The molecule has 1 saturated carbocycles. The van der Waals surface area contributed by atoms with E-state index in [-0.39, 0.29) is 6.10 Å². The fourth-order valence-corrected chi connectivity index (χ4v) is 1.66. The number of methoxy groups -OCH3 is 1. The first-order chi connectivity index (χ1) is 5.25. The largest absolute Gasteiger partial charge is 0.374 e. The van der Waals surface area contributed by atoms with Crippen LogP contribution in [-0.4, -0.2) is 19.0 Å². The number of carbonyl (C=O) groups is 1. The molecular weight excluding hydrogens is 140 g/mol. The van der Waals surface area contributed by atoms with Gasteiger partial charge in [-0.15, -0.1) is 0 Å². The summed E-state index contributed by atoms with van der Waals surface area (Å²) in [5.41, 5.74) is 0. The van der Waals surface area contributed by atoms with E-state index in [2.05, 4.69) is 0 Å². The average Bonchev–Trinajstić information content (AvgIpc) is 2.53. The monoisotopic (exact) mass is 156 g/mol. The topological polar surface area (TPSA) is 26.3 Å². The molecule has 0 aromatic heterocycles. The van der Waals surface area contributed by atoms with Crippen molar-refractivity contribution in [1.82, 2.24) is 0 Å². The summed E-state index contributed by atoms with van der Waals surface area (Å²) in [7, 11) is 1.59. The quantitative estimate of drug-likeness (QED) is 0.622. The molecule has 0 N–H and O–H groups in total. The number of hydrogen-bond acceptors (Lipinski definition) is 2. The first kappa shape index (κ1) is 8.72. The van der Waals surface area contributed by atoms with Crippen LogP contribution in [0, 0.1) is 5.92 Å². The number of carbonyl (C=O) groups excluding carboxylic acids is 1. The Hall–Kier alpha value is -0.370. The van der Waals surface area contributed by atoms with Crippen LogP contribution in [0.15, 0.2) is 0 Å². The van der Waals surface area contributed by atoms with Crippen LogP contribution in [0.5, 0.6) is 0 Å². The van der Waals surface area contributed by atoms with Gasteiger partial charge in [0.05, 0.1) is 0 Å².